The third kappa shape index (κ3) is 2.20. The monoisotopic (exact) mass is 271 g/mol. The minimum Gasteiger partial charge on any atom is -0.372 e. The van der Waals surface area contributed by atoms with E-state index in [1.54, 1.807) is 23.0 Å². The SMILES string of the molecule is CNc1nc(C)nc2c1cnn2Cc1ccc(F)cc1. The molecule has 0 saturated heterocycles. The summed E-state index contributed by atoms with van der Waals surface area (Å²) in [6.07, 6.45) is 1.74. The molecule has 2 aromatic heterocycles. The standard InChI is InChI=1S/C14H14FN5/c1-9-18-13(16-2)12-7-17-20(14(12)19-9)8-10-3-5-11(15)6-4-10/h3-7H,8H2,1-2H3,(H,16,18,19). The first-order chi connectivity index (χ1) is 9.67. The predicted molar refractivity (Wildman–Crippen MR) is 75.1 cm³/mol. The molecule has 1 aromatic carbocycles. The minimum absolute atomic E-state index is 0.241. The van der Waals surface area contributed by atoms with Crippen LogP contribution in [0.5, 0.6) is 0 Å². The fourth-order valence-corrected chi connectivity index (χ4v) is 2.13. The summed E-state index contributed by atoms with van der Waals surface area (Å²) in [6, 6.07) is 6.38. The number of halogens is 1. The van der Waals surface area contributed by atoms with Crippen LogP contribution in [0.4, 0.5) is 10.2 Å². The fraction of sp³-hybridized carbons (Fsp3) is 0.214. The van der Waals surface area contributed by atoms with Gasteiger partial charge in [-0.2, -0.15) is 5.10 Å². The summed E-state index contributed by atoms with van der Waals surface area (Å²) >= 11 is 0. The summed E-state index contributed by atoms with van der Waals surface area (Å²) in [4.78, 5) is 8.76. The van der Waals surface area contributed by atoms with Gasteiger partial charge in [0, 0.05) is 7.05 Å². The number of aromatic nitrogens is 4. The molecule has 0 unspecified atom stereocenters. The van der Waals surface area contributed by atoms with E-state index in [0.29, 0.717) is 12.4 Å². The first kappa shape index (κ1) is 12.5. The molecule has 3 aromatic rings. The Hall–Kier alpha value is -2.50. The van der Waals surface area contributed by atoms with Gasteiger partial charge in [0.05, 0.1) is 18.1 Å². The zero-order chi connectivity index (χ0) is 14.1. The predicted octanol–water partition coefficient (Wildman–Crippen LogP) is 2.36. The molecule has 2 heterocycles. The molecule has 5 nitrogen and oxygen atoms in total. The van der Waals surface area contributed by atoms with Crippen molar-refractivity contribution in [3.63, 3.8) is 0 Å². The average molecular weight is 271 g/mol. The van der Waals surface area contributed by atoms with Crippen LogP contribution in [0.3, 0.4) is 0 Å². The topological polar surface area (TPSA) is 55.6 Å². The van der Waals surface area contributed by atoms with Gasteiger partial charge in [-0.25, -0.2) is 19.0 Å². The Bertz CT molecular complexity index is 748. The van der Waals surface area contributed by atoms with Crippen LogP contribution in [0.15, 0.2) is 30.5 Å². The smallest absolute Gasteiger partial charge is 0.163 e. The Morgan fingerprint density at radius 2 is 1.95 bits per heavy atom. The normalized spacial score (nSPS) is 10.9. The summed E-state index contributed by atoms with van der Waals surface area (Å²) in [6.45, 7) is 2.39. The van der Waals surface area contributed by atoms with Crippen molar-refractivity contribution in [1.29, 1.82) is 0 Å². The van der Waals surface area contributed by atoms with Crippen molar-refractivity contribution in [2.24, 2.45) is 0 Å². The number of benzene rings is 1. The van der Waals surface area contributed by atoms with Crippen molar-refractivity contribution in [1.82, 2.24) is 19.7 Å². The lowest BCUT2D eigenvalue weighted by molar-refractivity contribution is 0.625. The molecule has 0 fully saturated rings. The molecule has 0 bridgehead atoms. The Kier molecular flexibility index (Phi) is 3.06. The van der Waals surface area contributed by atoms with Crippen molar-refractivity contribution in [3.05, 3.63) is 47.7 Å². The fourth-order valence-electron chi connectivity index (χ4n) is 2.13. The number of hydrogen-bond acceptors (Lipinski definition) is 4. The number of fused-ring (bicyclic) bond motifs is 1. The first-order valence-electron chi connectivity index (χ1n) is 6.30. The molecular formula is C14H14FN5. The molecule has 0 amide bonds. The Morgan fingerprint density at radius 1 is 1.20 bits per heavy atom. The van der Waals surface area contributed by atoms with E-state index in [1.807, 2.05) is 14.0 Å². The number of aryl methyl sites for hydroxylation is 1. The maximum absolute atomic E-state index is 12.9. The van der Waals surface area contributed by atoms with E-state index in [1.165, 1.54) is 12.1 Å². The number of nitrogens with one attached hydrogen (secondary N) is 1. The van der Waals surface area contributed by atoms with Crippen LogP contribution in [0.25, 0.3) is 11.0 Å². The van der Waals surface area contributed by atoms with Gasteiger partial charge in [0.2, 0.25) is 0 Å². The lowest BCUT2D eigenvalue weighted by Crippen LogP contribution is -2.04. The van der Waals surface area contributed by atoms with Crippen molar-refractivity contribution < 1.29 is 4.39 Å². The van der Waals surface area contributed by atoms with E-state index in [0.717, 1.165) is 22.4 Å². The highest BCUT2D eigenvalue weighted by atomic mass is 19.1. The number of nitrogens with zero attached hydrogens (tertiary/aromatic N) is 4. The highest BCUT2D eigenvalue weighted by Crippen LogP contribution is 2.20. The molecule has 0 aliphatic carbocycles. The highest BCUT2D eigenvalue weighted by Gasteiger charge is 2.10. The van der Waals surface area contributed by atoms with Crippen LogP contribution in [-0.2, 0) is 6.54 Å². The van der Waals surface area contributed by atoms with Gasteiger partial charge in [-0.05, 0) is 24.6 Å². The van der Waals surface area contributed by atoms with E-state index in [2.05, 4.69) is 20.4 Å². The third-order valence-corrected chi connectivity index (χ3v) is 3.09. The van der Waals surface area contributed by atoms with Crippen LogP contribution in [0, 0.1) is 12.7 Å². The molecule has 0 saturated carbocycles. The maximum Gasteiger partial charge on any atom is 0.163 e. The molecule has 0 aliphatic heterocycles. The highest BCUT2D eigenvalue weighted by molar-refractivity contribution is 5.86. The van der Waals surface area contributed by atoms with Gasteiger partial charge in [-0.15, -0.1) is 0 Å². The summed E-state index contributed by atoms with van der Waals surface area (Å²) in [5.41, 5.74) is 1.74. The zero-order valence-corrected chi connectivity index (χ0v) is 11.3. The van der Waals surface area contributed by atoms with Gasteiger partial charge in [0.15, 0.2) is 5.65 Å². The molecular weight excluding hydrogens is 257 g/mol. The Morgan fingerprint density at radius 3 is 2.65 bits per heavy atom. The van der Waals surface area contributed by atoms with Crippen LogP contribution < -0.4 is 5.32 Å². The van der Waals surface area contributed by atoms with Gasteiger partial charge in [0.1, 0.15) is 17.5 Å². The lowest BCUT2D eigenvalue weighted by Gasteiger charge is -2.05. The second-order valence-corrected chi connectivity index (χ2v) is 4.54. The Balaban J connectivity index is 2.04. The molecule has 0 radical (unpaired) electrons. The van der Waals surface area contributed by atoms with Gasteiger partial charge >= 0.3 is 0 Å². The van der Waals surface area contributed by atoms with Gasteiger partial charge < -0.3 is 5.32 Å². The third-order valence-electron chi connectivity index (χ3n) is 3.09. The van der Waals surface area contributed by atoms with E-state index in [-0.39, 0.29) is 5.82 Å². The van der Waals surface area contributed by atoms with Crippen molar-refractivity contribution in [3.8, 4) is 0 Å². The van der Waals surface area contributed by atoms with Gasteiger partial charge in [-0.3, -0.25) is 0 Å². The first-order valence-corrected chi connectivity index (χ1v) is 6.30. The number of rotatable bonds is 3. The average Bonchev–Trinajstić information content (AvgIpc) is 2.83. The largest absolute Gasteiger partial charge is 0.372 e. The van der Waals surface area contributed by atoms with E-state index in [4.69, 9.17) is 0 Å². The molecule has 0 spiro atoms. The molecule has 3 rings (SSSR count). The maximum atomic E-state index is 12.9. The van der Waals surface area contributed by atoms with E-state index in [9.17, 15) is 4.39 Å². The summed E-state index contributed by atoms with van der Waals surface area (Å²) in [5.74, 6) is 1.20. The van der Waals surface area contributed by atoms with Crippen LogP contribution >= 0.6 is 0 Å². The van der Waals surface area contributed by atoms with E-state index < -0.39 is 0 Å². The van der Waals surface area contributed by atoms with Crippen LogP contribution in [-0.4, -0.2) is 26.8 Å². The molecule has 20 heavy (non-hydrogen) atoms. The van der Waals surface area contributed by atoms with Crippen molar-refractivity contribution in [2.75, 3.05) is 12.4 Å². The summed E-state index contributed by atoms with van der Waals surface area (Å²) < 4.78 is 14.7. The Labute approximate surface area is 115 Å². The van der Waals surface area contributed by atoms with E-state index >= 15 is 0 Å². The minimum atomic E-state index is -0.241. The lowest BCUT2D eigenvalue weighted by atomic mass is 10.2. The zero-order valence-electron chi connectivity index (χ0n) is 11.3. The number of anilines is 1. The quantitative estimate of drug-likeness (QED) is 0.794. The van der Waals surface area contributed by atoms with Crippen LogP contribution in [0.2, 0.25) is 0 Å². The van der Waals surface area contributed by atoms with Crippen LogP contribution in [0.1, 0.15) is 11.4 Å². The molecule has 0 atom stereocenters. The van der Waals surface area contributed by atoms with Gasteiger partial charge in [0.25, 0.3) is 0 Å². The molecule has 0 aliphatic rings. The van der Waals surface area contributed by atoms with Gasteiger partial charge in [-0.1, -0.05) is 12.1 Å². The molecule has 6 heteroatoms. The summed E-state index contributed by atoms with van der Waals surface area (Å²) in [7, 11) is 1.82. The summed E-state index contributed by atoms with van der Waals surface area (Å²) in [5, 5.41) is 8.26. The van der Waals surface area contributed by atoms with Crippen molar-refractivity contribution in [2.45, 2.75) is 13.5 Å². The number of hydrogen-bond donors (Lipinski definition) is 1. The van der Waals surface area contributed by atoms with Crippen molar-refractivity contribution >= 4 is 16.9 Å². The molecule has 102 valence electrons. The second kappa shape index (κ2) is 4.88. The molecule has 1 N–H and O–H groups in total. The second-order valence-electron chi connectivity index (χ2n) is 4.54.